The first-order chi connectivity index (χ1) is 7.17. The maximum absolute atomic E-state index is 10.9. The molecule has 0 saturated heterocycles. The second-order valence-electron chi connectivity index (χ2n) is 2.75. The number of methoxy groups -OCH3 is 1. The second-order valence-corrected chi connectivity index (χ2v) is 3.93. The molecule has 1 aromatic carbocycles. The fourth-order valence-electron chi connectivity index (χ4n) is 0.989. The molecule has 0 fully saturated rings. The Kier molecular flexibility index (Phi) is 4.91. The summed E-state index contributed by atoms with van der Waals surface area (Å²) in [6, 6.07) is 5.42. The first-order valence-corrected chi connectivity index (χ1v) is 5.54. The Morgan fingerprint density at radius 3 is 2.87 bits per heavy atom. The highest BCUT2D eigenvalue weighted by atomic mass is 79.9. The van der Waals surface area contributed by atoms with Crippen molar-refractivity contribution >= 4 is 33.5 Å². The number of halogens is 2. The predicted molar refractivity (Wildman–Crippen MR) is 61.2 cm³/mol. The SMILES string of the molecule is COC(=O)COc1ccc(Br)cc1CCl. The number of rotatable bonds is 4. The first kappa shape index (κ1) is 12.3. The van der Waals surface area contributed by atoms with Crippen LogP contribution in [0.25, 0.3) is 0 Å². The monoisotopic (exact) mass is 292 g/mol. The van der Waals surface area contributed by atoms with E-state index in [0.717, 1.165) is 10.0 Å². The van der Waals surface area contributed by atoms with Gasteiger partial charge in [0.2, 0.25) is 0 Å². The van der Waals surface area contributed by atoms with Crippen LogP contribution >= 0.6 is 27.5 Å². The second kappa shape index (κ2) is 5.98. The van der Waals surface area contributed by atoms with Crippen molar-refractivity contribution in [2.75, 3.05) is 13.7 Å². The molecule has 0 unspecified atom stereocenters. The van der Waals surface area contributed by atoms with Crippen molar-refractivity contribution in [3.63, 3.8) is 0 Å². The molecular weight excluding hydrogens is 283 g/mol. The molecule has 1 aromatic rings. The van der Waals surface area contributed by atoms with Gasteiger partial charge in [0.05, 0.1) is 13.0 Å². The number of hydrogen-bond donors (Lipinski definition) is 0. The Hall–Kier alpha value is -0.740. The van der Waals surface area contributed by atoms with E-state index in [1.807, 2.05) is 12.1 Å². The molecule has 0 radical (unpaired) electrons. The highest BCUT2D eigenvalue weighted by molar-refractivity contribution is 9.10. The third-order valence-electron chi connectivity index (χ3n) is 1.74. The molecule has 0 saturated carbocycles. The van der Waals surface area contributed by atoms with Gasteiger partial charge in [-0.2, -0.15) is 0 Å². The fraction of sp³-hybridized carbons (Fsp3) is 0.300. The quantitative estimate of drug-likeness (QED) is 0.632. The highest BCUT2D eigenvalue weighted by Crippen LogP contribution is 2.24. The van der Waals surface area contributed by atoms with Gasteiger partial charge in [0.25, 0.3) is 0 Å². The Bertz CT molecular complexity index is 355. The molecule has 0 heterocycles. The van der Waals surface area contributed by atoms with Crippen molar-refractivity contribution in [2.45, 2.75) is 5.88 Å². The van der Waals surface area contributed by atoms with E-state index in [1.165, 1.54) is 7.11 Å². The van der Waals surface area contributed by atoms with Gasteiger partial charge in [0, 0.05) is 10.0 Å². The molecule has 15 heavy (non-hydrogen) atoms. The Morgan fingerprint density at radius 2 is 2.27 bits per heavy atom. The molecule has 5 heteroatoms. The Balaban J connectivity index is 2.72. The number of carbonyl (C=O) groups is 1. The van der Waals surface area contributed by atoms with Crippen LogP contribution in [0, 0.1) is 0 Å². The Morgan fingerprint density at radius 1 is 1.53 bits per heavy atom. The van der Waals surface area contributed by atoms with Gasteiger partial charge >= 0.3 is 5.97 Å². The third kappa shape index (κ3) is 3.72. The summed E-state index contributed by atoms with van der Waals surface area (Å²) < 4.78 is 10.6. The van der Waals surface area contributed by atoms with Crippen LogP contribution in [0.2, 0.25) is 0 Å². The van der Waals surface area contributed by atoms with E-state index in [4.69, 9.17) is 16.3 Å². The van der Waals surface area contributed by atoms with Crippen molar-refractivity contribution in [1.29, 1.82) is 0 Å². The standard InChI is InChI=1S/C10H10BrClO3/c1-14-10(13)6-15-9-3-2-8(11)4-7(9)5-12/h2-4H,5-6H2,1H3. The van der Waals surface area contributed by atoms with Crippen LogP contribution in [0.1, 0.15) is 5.56 Å². The fourth-order valence-corrected chi connectivity index (χ4v) is 1.61. The molecule has 0 aliphatic heterocycles. The van der Waals surface area contributed by atoms with Crippen molar-refractivity contribution in [1.82, 2.24) is 0 Å². The molecule has 0 aromatic heterocycles. The van der Waals surface area contributed by atoms with E-state index >= 15 is 0 Å². The lowest BCUT2D eigenvalue weighted by Gasteiger charge is -2.08. The smallest absolute Gasteiger partial charge is 0.343 e. The van der Waals surface area contributed by atoms with E-state index in [1.54, 1.807) is 6.07 Å². The lowest BCUT2D eigenvalue weighted by atomic mass is 10.2. The van der Waals surface area contributed by atoms with Crippen molar-refractivity contribution < 1.29 is 14.3 Å². The number of hydrogen-bond acceptors (Lipinski definition) is 3. The largest absolute Gasteiger partial charge is 0.482 e. The molecule has 0 bridgehead atoms. The van der Waals surface area contributed by atoms with Gasteiger partial charge in [-0.3, -0.25) is 0 Å². The minimum Gasteiger partial charge on any atom is -0.482 e. The number of carbonyl (C=O) groups excluding carboxylic acids is 1. The average molecular weight is 294 g/mol. The Labute approximate surface area is 101 Å². The van der Waals surface area contributed by atoms with E-state index in [-0.39, 0.29) is 6.61 Å². The summed E-state index contributed by atoms with van der Waals surface area (Å²) in [4.78, 5) is 10.9. The van der Waals surface area contributed by atoms with Crippen LogP contribution in [-0.4, -0.2) is 19.7 Å². The molecule has 1 rings (SSSR count). The minimum absolute atomic E-state index is 0.109. The average Bonchev–Trinajstić information content (AvgIpc) is 2.26. The molecule has 0 amide bonds. The molecule has 0 N–H and O–H groups in total. The summed E-state index contributed by atoms with van der Waals surface area (Å²) in [5.74, 6) is 0.507. The summed E-state index contributed by atoms with van der Waals surface area (Å²) in [6.45, 7) is -0.109. The van der Waals surface area contributed by atoms with Crippen LogP contribution in [0.5, 0.6) is 5.75 Å². The van der Waals surface area contributed by atoms with Crippen molar-refractivity contribution in [3.05, 3.63) is 28.2 Å². The molecule has 82 valence electrons. The van der Waals surface area contributed by atoms with Crippen LogP contribution in [0.3, 0.4) is 0 Å². The molecule has 0 aliphatic rings. The summed E-state index contributed by atoms with van der Waals surface area (Å²) >= 11 is 9.06. The van der Waals surface area contributed by atoms with Crippen molar-refractivity contribution in [3.8, 4) is 5.75 Å². The van der Waals surface area contributed by atoms with Gasteiger partial charge < -0.3 is 9.47 Å². The summed E-state index contributed by atoms with van der Waals surface area (Å²) in [5, 5.41) is 0. The van der Waals surface area contributed by atoms with Gasteiger partial charge in [0.1, 0.15) is 5.75 Å². The van der Waals surface area contributed by atoms with E-state index in [9.17, 15) is 4.79 Å². The lowest BCUT2D eigenvalue weighted by molar-refractivity contribution is -0.142. The van der Waals surface area contributed by atoms with Gasteiger partial charge in [-0.15, -0.1) is 11.6 Å². The molecular formula is C10H10BrClO3. The maximum atomic E-state index is 10.9. The zero-order valence-corrected chi connectivity index (χ0v) is 10.5. The predicted octanol–water partition coefficient (Wildman–Crippen LogP) is 2.74. The zero-order chi connectivity index (χ0) is 11.3. The zero-order valence-electron chi connectivity index (χ0n) is 8.13. The van der Waals surface area contributed by atoms with E-state index < -0.39 is 5.97 Å². The van der Waals surface area contributed by atoms with Crippen LogP contribution in [0.15, 0.2) is 22.7 Å². The lowest BCUT2D eigenvalue weighted by Crippen LogP contribution is -2.13. The summed E-state index contributed by atoms with van der Waals surface area (Å²) in [5.41, 5.74) is 0.829. The number of ether oxygens (including phenoxy) is 2. The summed E-state index contributed by atoms with van der Waals surface area (Å²) in [6.07, 6.45) is 0. The first-order valence-electron chi connectivity index (χ1n) is 4.21. The third-order valence-corrected chi connectivity index (χ3v) is 2.52. The number of esters is 1. The normalized spacial score (nSPS) is 9.80. The highest BCUT2D eigenvalue weighted by Gasteiger charge is 2.06. The molecule has 3 nitrogen and oxygen atoms in total. The molecule has 0 spiro atoms. The van der Waals surface area contributed by atoms with Gasteiger partial charge in [-0.05, 0) is 18.2 Å². The maximum Gasteiger partial charge on any atom is 0.343 e. The number of benzene rings is 1. The number of alkyl halides is 1. The van der Waals surface area contributed by atoms with Gasteiger partial charge in [-0.1, -0.05) is 15.9 Å². The summed E-state index contributed by atoms with van der Waals surface area (Å²) in [7, 11) is 1.32. The van der Waals surface area contributed by atoms with Crippen LogP contribution in [0.4, 0.5) is 0 Å². The van der Waals surface area contributed by atoms with E-state index in [0.29, 0.717) is 11.6 Å². The van der Waals surface area contributed by atoms with Crippen LogP contribution in [-0.2, 0) is 15.4 Å². The van der Waals surface area contributed by atoms with Gasteiger partial charge in [-0.25, -0.2) is 4.79 Å². The van der Waals surface area contributed by atoms with Gasteiger partial charge in [0.15, 0.2) is 6.61 Å². The minimum atomic E-state index is -0.418. The van der Waals surface area contributed by atoms with Crippen LogP contribution < -0.4 is 4.74 Å². The van der Waals surface area contributed by atoms with E-state index in [2.05, 4.69) is 20.7 Å². The molecule has 0 atom stereocenters. The topological polar surface area (TPSA) is 35.5 Å². The van der Waals surface area contributed by atoms with Crippen molar-refractivity contribution in [2.24, 2.45) is 0 Å². The molecule has 0 aliphatic carbocycles.